The van der Waals surface area contributed by atoms with Crippen molar-refractivity contribution in [1.82, 2.24) is 10.2 Å². The molecule has 20 heavy (non-hydrogen) atoms. The van der Waals surface area contributed by atoms with Crippen molar-refractivity contribution in [2.75, 3.05) is 13.1 Å². The zero-order valence-corrected chi connectivity index (χ0v) is 12.8. The van der Waals surface area contributed by atoms with Gasteiger partial charge in [0, 0.05) is 42.7 Å². The fourth-order valence-corrected chi connectivity index (χ4v) is 2.87. The number of likely N-dealkylation sites (tertiary alicyclic amines) is 1. The Labute approximate surface area is 128 Å². The second kappa shape index (κ2) is 6.66. The Hall–Kier alpha value is -0.970. The van der Waals surface area contributed by atoms with Gasteiger partial charge in [0.05, 0.1) is 5.02 Å². The van der Waals surface area contributed by atoms with Gasteiger partial charge in [0.2, 0.25) is 5.91 Å². The molecule has 1 unspecified atom stereocenters. The van der Waals surface area contributed by atoms with Gasteiger partial charge in [-0.3, -0.25) is 4.79 Å². The van der Waals surface area contributed by atoms with E-state index >= 15 is 0 Å². The largest absolute Gasteiger partial charge is 0.506 e. The SMILES string of the molecule is CC(CN1CCCC1=O)NCc1cc(Cl)cc(Cl)c1O. The number of benzene rings is 1. The third kappa shape index (κ3) is 3.78. The molecule has 1 fully saturated rings. The average molecular weight is 317 g/mol. The van der Waals surface area contributed by atoms with Crippen molar-refractivity contribution >= 4 is 29.1 Å². The maximum atomic E-state index is 11.6. The molecule has 1 amide bonds. The molecule has 0 aliphatic carbocycles. The molecule has 0 saturated carbocycles. The first-order valence-electron chi connectivity index (χ1n) is 6.65. The van der Waals surface area contributed by atoms with Gasteiger partial charge in [-0.1, -0.05) is 23.2 Å². The minimum absolute atomic E-state index is 0.0491. The molecule has 0 bridgehead atoms. The number of hydrogen-bond acceptors (Lipinski definition) is 3. The Morgan fingerprint density at radius 1 is 1.45 bits per heavy atom. The van der Waals surface area contributed by atoms with Gasteiger partial charge in [-0.2, -0.15) is 0 Å². The van der Waals surface area contributed by atoms with Gasteiger partial charge >= 0.3 is 0 Å². The van der Waals surface area contributed by atoms with Gasteiger partial charge in [-0.25, -0.2) is 0 Å². The van der Waals surface area contributed by atoms with Gasteiger partial charge in [-0.05, 0) is 25.5 Å². The number of nitrogens with zero attached hydrogens (tertiary/aromatic N) is 1. The lowest BCUT2D eigenvalue weighted by atomic mass is 10.2. The van der Waals surface area contributed by atoms with Crippen molar-refractivity contribution in [3.05, 3.63) is 27.7 Å². The van der Waals surface area contributed by atoms with E-state index in [0.717, 1.165) is 13.0 Å². The van der Waals surface area contributed by atoms with Crippen LogP contribution in [-0.4, -0.2) is 35.0 Å². The summed E-state index contributed by atoms with van der Waals surface area (Å²) < 4.78 is 0. The Kier molecular flexibility index (Phi) is 5.13. The van der Waals surface area contributed by atoms with Crippen molar-refractivity contribution in [2.24, 2.45) is 0 Å². The summed E-state index contributed by atoms with van der Waals surface area (Å²) in [6, 6.07) is 3.33. The predicted octanol–water partition coefficient (Wildman–Crippen LogP) is 2.80. The molecule has 1 heterocycles. The highest BCUT2D eigenvalue weighted by Gasteiger charge is 2.21. The third-order valence-corrected chi connectivity index (χ3v) is 3.92. The van der Waals surface area contributed by atoms with E-state index in [1.54, 1.807) is 6.07 Å². The van der Waals surface area contributed by atoms with Crippen molar-refractivity contribution in [2.45, 2.75) is 32.4 Å². The molecule has 1 aromatic rings. The maximum absolute atomic E-state index is 11.6. The van der Waals surface area contributed by atoms with Crippen molar-refractivity contribution < 1.29 is 9.90 Å². The number of carbonyl (C=O) groups is 1. The minimum Gasteiger partial charge on any atom is -0.506 e. The average Bonchev–Trinajstić information content (AvgIpc) is 2.78. The van der Waals surface area contributed by atoms with E-state index in [0.29, 0.717) is 30.1 Å². The van der Waals surface area contributed by atoms with Gasteiger partial charge in [0.25, 0.3) is 0 Å². The summed E-state index contributed by atoms with van der Waals surface area (Å²) in [5.74, 6) is 0.264. The van der Waals surface area contributed by atoms with E-state index < -0.39 is 0 Å². The number of hydrogen-bond donors (Lipinski definition) is 2. The summed E-state index contributed by atoms with van der Waals surface area (Å²) in [5.41, 5.74) is 0.655. The molecule has 0 aromatic heterocycles. The van der Waals surface area contributed by atoms with Crippen molar-refractivity contribution in [3.63, 3.8) is 0 Å². The van der Waals surface area contributed by atoms with E-state index in [9.17, 15) is 9.90 Å². The number of nitrogens with one attached hydrogen (secondary N) is 1. The predicted molar refractivity (Wildman–Crippen MR) is 80.2 cm³/mol. The minimum atomic E-state index is 0.0491. The fraction of sp³-hybridized carbons (Fsp3) is 0.500. The lowest BCUT2D eigenvalue weighted by molar-refractivity contribution is -0.127. The Balaban J connectivity index is 1.90. The van der Waals surface area contributed by atoms with Crippen LogP contribution in [0.25, 0.3) is 0 Å². The third-order valence-electron chi connectivity index (χ3n) is 3.41. The summed E-state index contributed by atoms with van der Waals surface area (Å²) in [7, 11) is 0. The quantitative estimate of drug-likeness (QED) is 0.878. The Morgan fingerprint density at radius 3 is 2.85 bits per heavy atom. The van der Waals surface area contributed by atoms with E-state index in [1.807, 2.05) is 11.8 Å². The highest BCUT2D eigenvalue weighted by atomic mass is 35.5. The summed E-state index contributed by atoms with van der Waals surface area (Å²) >= 11 is 11.8. The lowest BCUT2D eigenvalue weighted by Crippen LogP contribution is -2.39. The van der Waals surface area contributed by atoms with E-state index in [1.165, 1.54) is 6.07 Å². The zero-order chi connectivity index (χ0) is 14.7. The number of phenols is 1. The standard InChI is InChI=1S/C14H18Cl2N2O2/c1-9(8-18-4-2-3-13(18)19)17-7-10-5-11(15)6-12(16)14(10)20/h5-6,9,17,20H,2-4,7-8H2,1H3. The summed E-state index contributed by atoms with van der Waals surface area (Å²) in [6.07, 6.45) is 1.59. The first kappa shape index (κ1) is 15.4. The van der Waals surface area contributed by atoms with Crippen LogP contribution in [0.15, 0.2) is 12.1 Å². The molecule has 2 N–H and O–H groups in total. The van der Waals surface area contributed by atoms with Crippen LogP contribution in [0.5, 0.6) is 5.75 Å². The van der Waals surface area contributed by atoms with Crippen LogP contribution >= 0.6 is 23.2 Å². The molecule has 1 aliphatic heterocycles. The van der Waals surface area contributed by atoms with E-state index in [2.05, 4.69) is 5.32 Å². The van der Waals surface area contributed by atoms with Crippen LogP contribution in [0.4, 0.5) is 0 Å². The molecular weight excluding hydrogens is 299 g/mol. The Bertz CT molecular complexity index is 508. The van der Waals surface area contributed by atoms with E-state index in [-0.39, 0.29) is 22.7 Å². The van der Waals surface area contributed by atoms with Crippen LogP contribution < -0.4 is 5.32 Å². The number of rotatable bonds is 5. The van der Waals surface area contributed by atoms with Gasteiger partial charge < -0.3 is 15.3 Å². The molecule has 1 atom stereocenters. The molecule has 4 nitrogen and oxygen atoms in total. The van der Waals surface area contributed by atoms with Crippen LogP contribution in [0.3, 0.4) is 0 Å². The van der Waals surface area contributed by atoms with Crippen molar-refractivity contribution in [1.29, 1.82) is 0 Å². The monoisotopic (exact) mass is 316 g/mol. The molecule has 1 aromatic carbocycles. The first-order valence-corrected chi connectivity index (χ1v) is 7.41. The second-order valence-corrected chi connectivity index (χ2v) is 5.96. The fourth-order valence-electron chi connectivity index (χ4n) is 2.33. The van der Waals surface area contributed by atoms with Crippen LogP contribution in [-0.2, 0) is 11.3 Å². The van der Waals surface area contributed by atoms with E-state index in [4.69, 9.17) is 23.2 Å². The van der Waals surface area contributed by atoms with Crippen LogP contribution in [0.2, 0.25) is 10.0 Å². The molecule has 0 spiro atoms. The maximum Gasteiger partial charge on any atom is 0.222 e. The highest BCUT2D eigenvalue weighted by molar-refractivity contribution is 6.35. The summed E-state index contributed by atoms with van der Waals surface area (Å²) in [6.45, 7) is 3.97. The number of halogens is 2. The first-order chi connectivity index (χ1) is 9.47. The molecule has 110 valence electrons. The lowest BCUT2D eigenvalue weighted by Gasteiger charge is -2.22. The summed E-state index contributed by atoms with van der Waals surface area (Å²) in [4.78, 5) is 13.4. The van der Waals surface area contributed by atoms with Gasteiger partial charge in [0.15, 0.2) is 0 Å². The molecule has 2 rings (SSSR count). The normalized spacial score (nSPS) is 16.8. The van der Waals surface area contributed by atoms with Gasteiger partial charge in [-0.15, -0.1) is 0 Å². The summed E-state index contributed by atoms with van der Waals surface area (Å²) in [5, 5.41) is 13.9. The van der Waals surface area contributed by atoms with Crippen molar-refractivity contribution in [3.8, 4) is 5.75 Å². The smallest absolute Gasteiger partial charge is 0.222 e. The van der Waals surface area contributed by atoms with Crippen LogP contribution in [0, 0.1) is 0 Å². The molecule has 0 radical (unpaired) electrons. The number of phenolic OH excluding ortho intramolecular Hbond substituents is 1. The Morgan fingerprint density at radius 2 is 2.20 bits per heavy atom. The number of amides is 1. The van der Waals surface area contributed by atoms with Gasteiger partial charge in [0.1, 0.15) is 5.75 Å². The highest BCUT2D eigenvalue weighted by Crippen LogP contribution is 2.31. The number of aromatic hydroxyl groups is 1. The zero-order valence-electron chi connectivity index (χ0n) is 11.3. The topological polar surface area (TPSA) is 52.6 Å². The molecule has 1 saturated heterocycles. The molecular formula is C14H18Cl2N2O2. The second-order valence-electron chi connectivity index (χ2n) is 5.12. The van der Waals surface area contributed by atoms with Crippen LogP contribution in [0.1, 0.15) is 25.3 Å². The molecule has 6 heteroatoms. The molecule has 1 aliphatic rings. The number of carbonyl (C=O) groups excluding carboxylic acids is 1.